The summed E-state index contributed by atoms with van der Waals surface area (Å²) in [5.74, 6) is 2.79. The van der Waals surface area contributed by atoms with Crippen LogP contribution in [0.25, 0.3) is 0 Å². The van der Waals surface area contributed by atoms with Gasteiger partial charge in [0.05, 0.1) is 0 Å². The number of aliphatic imine (C=N–C) groups is 1. The monoisotopic (exact) mass is 538 g/mol. The summed E-state index contributed by atoms with van der Waals surface area (Å²) in [4.78, 5) is 19.3. The number of halogens is 1. The van der Waals surface area contributed by atoms with Crippen LogP contribution in [0.15, 0.2) is 64.5 Å². The van der Waals surface area contributed by atoms with Crippen molar-refractivity contribution >= 4 is 53.3 Å². The quantitative estimate of drug-likeness (QED) is 0.236. The third-order valence-electron chi connectivity index (χ3n) is 5.00. The lowest BCUT2D eigenvalue weighted by atomic mass is 10.1. The Kier molecular flexibility index (Phi) is 10.5. The zero-order valence-electron chi connectivity index (χ0n) is 17.6. The van der Waals surface area contributed by atoms with E-state index in [1.54, 1.807) is 0 Å². The number of rotatable bonds is 7. The van der Waals surface area contributed by atoms with Gasteiger partial charge in [0, 0.05) is 49.9 Å². The Hall–Kier alpha value is -1.74. The first kappa shape index (κ1) is 24.5. The minimum atomic E-state index is -0.0469. The Morgan fingerprint density at radius 2 is 1.90 bits per heavy atom. The number of hydrogen-bond donors (Lipinski definition) is 2. The number of carbonyl (C=O) groups is 1. The van der Waals surface area contributed by atoms with Crippen LogP contribution in [0.1, 0.15) is 18.9 Å². The minimum Gasteiger partial charge on any atom is -0.356 e. The first-order valence-electron chi connectivity index (χ1n) is 10.1. The van der Waals surface area contributed by atoms with Crippen molar-refractivity contribution in [3.8, 4) is 0 Å². The number of guanidine groups is 1. The van der Waals surface area contributed by atoms with Crippen molar-refractivity contribution in [2.45, 2.75) is 24.7 Å². The van der Waals surface area contributed by atoms with Gasteiger partial charge in [-0.15, -0.1) is 35.7 Å². The Morgan fingerprint density at radius 3 is 2.57 bits per heavy atom. The van der Waals surface area contributed by atoms with Crippen LogP contribution in [0.2, 0.25) is 0 Å². The van der Waals surface area contributed by atoms with Crippen molar-refractivity contribution in [2.24, 2.45) is 10.9 Å². The fourth-order valence-electron chi connectivity index (χ4n) is 3.50. The van der Waals surface area contributed by atoms with Crippen molar-refractivity contribution in [1.82, 2.24) is 10.2 Å². The Labute approximate surface area is 201 Å². The van der Waals surface area contributed by atoms with Gasteiger partial charge in [-0.2, -0.15) is 0 Å². The SMILES string of the molecule is CN=C(NCCc1ccc(NC(C)=O)cc1)N1CCC(CSc2ccccc2)C1.I. The zero-order chi connectivity index (χ0) is 20.5. The van der Waals surface area contributed by atoms with E-state index >= 15 is 0 Å². The predicted molar refractivity (Wildman–Crippen MR) is 138 cm³/mol. The van der Waals surface area contributed by atoms with Crippen molar-refractivity contribution < 1.29 is 4.79 Å². The number of hydrogen-bond acceptors (Lipinski definition) is 3. The van der Waals surface area contributed by atoms with E-state index in [-0.39, 0.29) is 29.9 Å². The van der Waals surface area contributed by atoms with Crippen LogP contribution in [0.3, 0.4) is 0 Å². The van der Waals surface area contributed by atoms with Crippen molar-refractivity contribution in [3.05, 3.63) is 60.2 Å². The van der Waals surface area contributed by atoms with Crippen molar-refractivity contribution in [3.63, 3.8) is 0 Å². The molecule has 1 unspecified atom stereocenters. The van der Waals surface area contributed by atoms with E-state index in [2.05, 4.69) is 63.0 Å². The molecular weight excluding hydrogens is 507 g/mol. The van der Waals surface area contributed by atoms with Gasteiger partial charge in [-0.1, -0.05) is 30.3 Å². The maximum absolute atomic E-state index is 11.1. The molecule has 0 saturated carbocycles. The molecule has 1 saturated heterocycles. The van der Waals surface area contributed by atoms with Crippen molar-refractivity contribution in [2.75, 3.05) is 37.8 Å². The molecule has 162 valence electrons. The third-order valence-corrected chi connectivity index (χ3v) is 6.24. The molecule has 3 rings (SSSR count). The molecule has 1 atom stereocenters. The van der Waals surface area contributed by atoms with Crippen LogP contribution in [0.4, 0.5) is 5.69 Å². The number of thioether (sulfide) groups is 1. The van der Waals surface area contributed by atoms with Crippen LogP contribution >= 0.6 is 35.7 Å². The van der Waals surface area contributed by atoms with Gasteiger partial charge >= 0.3 is 0 Å². The highest BCUT2D eigenvalue weighted by molar-refractivity contribution is 14.0. The van der Waals surface area contributed by atoms with Gasteiger partial charge in [-0.05, 0) is 48.6 Å². The highest BCUT2D eigenvalue weighted by Crippen LogP contribution is 2.25. The number of nitrogens with zero attached hydrogens (tertiary/aromatic N) is 2. The fraction of sp³-hybridized carbons (Fsp3) is 0.391. The minimum absolute atomic E-state index is 0. The highest BCUT2D eigenvalue weighted by atomic mass is 127. The topological polar surface area (TPSA) is 56.7 Å². The van der Waals surface area contributed by atoms with E-state index in [0.29, 0.717) is 5.92 Å². The van der Waals surface area contributed by atoms with Crippen LogP contribution in [0, 0.1) is 5.92 Å². The molecule has 2 aromatic rings. The van der Waals surface area contributed by atoms with Crippen LogP contribution < -0.4 is 10.6 Å². The summed E-state index contributed by atoms with van der Waals surface area (Å²) in [6, 6.07) is 18.6. The molecule has 1 aliphatic heterocycles. The van der Waals surface area contributed by atoms with E-state index in [0.717, 1.165) is 43.5 Å². The van der Waals surface area contributed by atoms with Crippen LogP contribution in [0.5, 0.6) is 0 Å². The van der Waals surface area contributed by atoms with E-state index in [1.807, 2.05) is 30.9 Å². The molecule has 0 aliphatic carbocycles. The normalized spacial score (nSPS) is 16.1. The van der Waals surface area contributed by atoms with Gasteiger partial charge < -0.3 is 15.5 Å². The van der Waals surface area contributed by atoms with E-state index in [4.69, 9.17) is 0 Å². The molecule has 1 amide bonds. The molecule has 5 nitrogen and oxygen atoms in total. The smallest absolute Gasteiger partial charge is 0.221 e. The van der Waals surface area contributed by atoms with Gasteiger partial charge in [-0.25, -0.2) is 0 Å². The van der Waals surface area contributed by atoms with Crippen molar-refractivity contribution in [1.29, 1.82) is 0 Å². The number of likely N-dealkylation sites (tertiary alicyclic amines) is 1. The molecule has 0 radical (unpaired) electrons. The van der Waals surface area contributed by atoms with E-state index in [1.165, 1.54) is 23.8 Å². The van der Waals surface area contributed by atoms with Gasteiger partial charge in [0.15, 0.2) is 5.96 Å². The molecule has 7 heteroatoms. The molecule has 30 heavy (non-hydrogen) atoms. The number of benzene rings is 2. The zero-order valence-corrected chi connectivity index (χ0v) is 20.8. The summed E-state index contributed by atoms with van der Waals surface area (Å²) < 4.78 is 0. The van der Waals surface area contributed by atoms with Gasteiger partial charge in [0.2, 0.25) is 5.91 Å². The molecule has 0 spiro atoms. The molecule has 1 fully saturated rings. The maximum Gasteiger partial charge on any atom is 0.221 e. The molecule has 1 aliphatic rings. The number of carbonyl (C=O) groups excluding carboxylic acids is 1. The standard InChI is InChI=1S/C23H30N4OS.HI/c1-18(28)26-21-10-8-19(9-11-21)12-14-25-23(24-2)27-15-13-20(16-27)17-29-22-6-4-3-5-7-22;/h3-11,20H,12-17H2,1-2H3,(H,24,25)(H,26,28);1H. The Balaban J connectivity index is 0.00000320. The highest BCUT2D eigenvalue weighted by Gasteiger charge is 2.24. The number of anilines is 1. The summed E-state index contributed by atoms with van der Waals surface area (Å²) in [7, 11) is 1.86. The molecule has 2 N–H and O–H groups in total. The average Bonchev–Trinajstić information content (AvgIpc) is 3.20. The second-order valence-corrected chi connectivity index (χ2v) is 8.42. The summed E-state index contributed by atoms with van der Waals surface area (Å²) >= 11 is 1.95. The first-order valence-corrected chi connectivity index (χ1v) is 11.1. The molecule has 0 aromatic heterocycles. The Bertz CT molecular complexity index is 814. The molecular formula is C23H31IN4OS. The Morgan fingerprint density at radius 1 is 1.17 bits per heavy atom. The molecule has 1 heterocycles. The predicted octanol–water partition coefficient (Wildman–Crippen LogP) is 4.50. The molecule has 0 bridgehead atoms. The lowest BCUT2D eigenvalue weighted by molar-refractivity contribution is -0.114. The average molecular weight is 538 g/mol. The maximum atomic E-state index is 11.1. The number of nitrogens with one attached hydrogen (secondary N) is 2. The second kappa shape index (κ2) is 12.8. The third kappa shape index (κ3) is 7.83. The van der Waals surface area contributed by atoms with E-state index < -0.39 is 0 Å². The lowest BCUT2D eigenvalue weighted by Gasteiger charge is -2.21. The van der Waals surface area contributed by atoms with Crippen LogP contribution in [-0.2, 0) is 11.2 Å². The largest absolute Gasteiger partial charge is 0.356 e. The van der Waals surface area contributed by atoms with Gasteiger partial charge in [0.25, 0.3) is 0 Å². The lowest BCUT2D eigenvalue weighted by Crippen LogP contribution is -2.41. The first-order chi connectivity index (χ1) is 14.1. The summed E-state index contributed by atoms with van der Waals surface area (Å²) in [5.41, 5.74) is 2.07. The van der Waals surface area contributed by atoms with Gasteiger partial charge in [-0.3, -0.25) is 9.79 Å². The number of amides is 1. The summed E-state index contributed by atoms with van der Waals surface area (Å²) in [5, 5.41) is 6.30. The summed E-state index contributed by atoms with van der Waals surface area (Å²) in [6.07, 6.45) is 2.13. The van der Waals surface area contributed by atoms with Gasteiger partial charge in [0.1, 0.15) is 0 Å². The van der Waals surface area contributed by atoms with Crippen LogP contribution in [-0.4, -0.2) is 49.2 Å². The van der Waals surface area contributed by atoms with E-state index in [9.17, 15) is 4.79 Å². The fourth-order valence-corrected chi connectivity index (χ4v) is 4.55. The second-order valence-electron chi connectivity index (χ2n) is 7.33. The summed E-state index contributed by atoms with van der Waals surface area (Å²) in [6.45, 7) is 4.48. The molecule has 2 aromatic carbocycles.